The monoisotopic (exact) mass is 305 g/mol. The predicted octanol–water partition coefficient (Wildman–Crippen LogP) is 1.77. The highest BCUT2D eigenvalue weighted by Crippen LogP contribution is 2.14. The average Bonchev–Trinajstić information content (AvgIpc) is 2.74. The topological polar surface area (TPSA) is 61.4 Å². The van der Waals surface area contributed by atoms with Crippen LogP contribution in [-0.4, -0.2) is 65.9 Å². The Kier molecular flexibility index (Phi) is 6.12. The first-order valence-electron chi connectivity index (χ1n) is 8.10. The molecule has 1 aromatic heterocycles. The number of hydrogen-bond acceptors (Lipinski definition) is 5. The maximum absolute atomic E-state index is 12.6. The Bertz CT molecular complexity index is 495. The minimum atomic E-state index is 0.0306. The molecular weight excluding hydrogens is 278 g/mol. The van der Waals surface area contributed by atoms with Crippen LogP contribution in [0.25, 0.3) is 0 Å². The molecule has 1 amide bonds. The summed E-state index contributed by atoms with van der Waals surface area (Å²) in [6.07, 6.45) is 4.60. The van der Waals surface area contributed by atoms with E-state index in [0.717, 1.165) is 44.7 Å². The number of aryl methyl sites for hydroxylation is 1. The van der Waals surface area contributed by atoms with Crippen LogP contribution in [0.2, 0.25) is 0 Å². The van der Waals surface area contributed by atoms with Gasteiger partial charge in [-0.3, -0.25) is 4.79 Å². The summed E-state index contributed by atoms with van der Waals surface area (Å²) in [6, 6.07) is 1.78. The molecule has 0 unspecified atom stereocenters. The summed E-state index contributed by atoms with van der Waals surface area (Å²) in [5.41, 5.74) is 1.32. The van der Waals surface area contributed by atoms with E-state index >= 15 is 0 Å². The van der Waals surface area contributed by atoms with Crippen LogP contribution < -0.4 is 5.32 Å². The van der Waals surface area contributed by atoms with Gasteiger partial charge in [-0.05, 0) is 39.9 Å². The molecular formula is C16H27N5O. The quantitative estimate of drug-likeness (QED) is 0.898. The Morgan fingerprint density at radius 2 is 1.91 bits per heavy atom. The first kappa shape index (κ1) is 16.7. The molecule has 1 aromatic rings. The van der Waals surface area contributed by atoms with Crippen LogP contribution in [0, 0.1) is 6.92 Å². The number of nitrogens with zero attached hydrogens (tertiary/aromatic N) is 4. The smallest absolute Gasteiger partial charge is 0.272 e. The standard InChI is InChI=1S/C16H27N5O/c1-13-12-14(15(22)21-9-6-4-5-7-10-21)19-16(18-13)17-8-11-20(2)3/h12H,4-11H2,1-3H3,(H,17,18,19). The fourth-order valence-corrected chi connectivity index (χ4v) is 2.58. The van der Waals surface area contributed by atoms with Crippen molar-refractivity contribution >= 4 is 11.9 Å². The molecule has 6 nitrogen and oxygen atoms in total. The van der Waals surface area contributed by atoms with E-state index in [-0.39, 0.29) is 5.91 Å². The third kappa shape index (κ3) is 4.94. The Morgan fingerprint density at radius 3 is 2.55 bits per heavy atom. The summed E-state index contributed by atoms with van der Waals surface area (Å²) in [5, 5.41) is 3.19. The van der Waals surface area contributed by atoms with Crippen LogP contribution in [0.15, 0.2) is 6.07 Å². The predicted molar refractivity (Wildman–Crippen MR) is 88.2 cm³/mol. The molecule has 0 atom stereocenters. The van der Waals surface area contributed by atoms with E-state index in [1.807, 2.05) is 25.9 Å². The number of carbonyl (C=O) groups is 1. The van der Waals surface area contributed by atoms with Gasteiger partial charge in [0.2, 0.25) is 5.95 Å². The molecule has 1 aliphatic heterocycles. The molecule has 0 spiro atoms. The van der Waals surface area contributed by atoms with Crippen molar-refractivity contribution in [2.75, 3.05) is 45.6 Å². The Labute approximate surface area is 132 Å². The molecule has 1 fully saturated rings. The summed E-state index contributed by atoms with van der Waals surface area (Å²) < 4.78 is 0. The third-order valence-corrected chi connectivity index (χ3v) is 3.81. The second-order valence-electron chi connectivity index (χ2n) is 6.15. The number of rotatable bonds is 5. The lowest BCUT2D eigenvalue weighted by Gasteiger charge is -2.20. The lowest BCUT2D eigenvalue weighted by molar-refractivity contribution is 0.0755. The summed E-state index contributed by atoms with van der Waals surface area (Å²) in [4.78, 5) is 25.4. The fourth-order valence-electron chi connectivity index (χ4n) is 2.58. The van der Waals surface area contributed by atoms with Gasteiger partial charge < -0.3 is 15.1 Å². The minimum Gasteiger partial charge on any atom is -0.353 e. The van der Waals surface area contributed by atoms with E-state index in [2.05, 4.69) is 20.2 Å². The van der Waals surface area contributed by atoms with Gasteiger partial charge in [0.15, 0.2) is 0 Å². The van der Waals surface area contributed by atoms with E-state index in [1.165, 1.54) is 12.8 Å². The van der Waals surface area contributed by atoms with Crippen LogP contribution >= 0.6 is 0 Å². The molecule has 0 saturated carbocycles. The molecule has 1 N–H and O–H groups in total. The van der Waals surface area contributed by atoms with E-state index < -0.39 is 0 Å². The maximum Gasteiger partial charge on any atom is 0.272 e. The number of aromatic nitrogens is 2. The van der Waals surface area contributed by atoms with Crippen molar-refractivity contribution in [1.29, 1.82) is 0 Å². The maximum atomic E-state index is 12.6. The highest BCUT2D eigenvalue weighted by molar-refractivity contribution is 5.92. The molecule has 2 heterocycles. The first-order chi connectivity index (χ1) is 10.6. The lowest BCUT2D eigenvalue weighted by Crippen LogP contribution is -2.32. The molecule has 6 heteroatoms. The van der Waals surface area contributed by atoms with Crippen LogP contribution in [0.4, 0.5) is 5.95 Å². The summed E-state index contributed by atoms with van der Waals surface area (Å²) in [5.74, 6) is 0.572. The van der Waals surface area contributed by atoms with Gasteiger partial charge in [0.25, 0.3) is 5.91 Å². The van der Waals surface area contributed by atoms with Crippen molar-refractivity contribution in [2.45, 2.75) is 32.6 Å². The number of likely N-dealkylation sites (N-methyl/N-ethyl adjacent to an activating group) is 1. The molecule has 2 rings (SSSR count). The number of amides is 1. The van der Waals surface area contributed by atoms with Gasteiger partial charge in [-0.1, -0.05) is 12.8 Å². The second-order valence-corrected chi connectivity index (χ2v) is 6.15. The van der Waals surface area contributed by atoms with Crippen molar-refractivity contribution in [1.82, 2.24) is 19.8 Å². The largest absolute Gasteiger partial charge is 0.353 e. The van der Waals surface area contributed by atoms with Gasteiger partial charge in [0.1, 0.15) is 5.69 Å². The second kappa shape index (κ2) is 8.08. The zero-order chi connectivity index (χ0) is 15.9. The van der Waals surface area contributed by atoms with Crippen molar-refractivity contribution in [3.05, 3.63) is 17.5 Å². The minimum absolute atomic E-state index is 0.0306. The number of carbonyl (C=O) groups excluding carboxylic acids is 1. The number of likely N-dealkylation sites (tertiary alicyclic amines) is 1. The number of hydrogen-bond donors (Lipinski definition) is 1. The summed E-state index contributed by atoms with van der Waals surface area (Å²) >= 11 is 0. The van der Waals surface area contributed by atoms with Gasteiger partial charge in [-0.15, -0.1) is 0 Å². The van der Waals surface area contributed by atoms with Crippen molar-refractivity contribution in [2.24, 2.45) is 0 Å². The molecule has 1 aliphatic rings. The first-order valence-corrected chi connectivity index (χ1v) is 8.10. The zero-order valence-corrected chi connectivity index (χ0v) is 13.9. The Balaban J connectivity index is 2.05. The van der Waals surface area contributed by atoms with E-state index in [9.17, 15) is 4.79 Å². The zero-order valence-electron chi connectivity index (χ0n) is 13.9. The van der Waals surface area contributed by atoms with Gasteiger partial charge >= 0.3 is 0 Å². The average molecular weight is 305 g/mol. The molecule has 22 heavy (non-hydrogen) atoms. The van der Waals surface area contributed by atoms with Crippen LogP contribution in [0.5, 0.6) is 0 Å². The van der Waals surface area contributed by atoms with E-state index in [4.69, 9.17) is 0 Å². The van der Waals surface area contributed by atoms with Crippen LogP contribution in [0.1, 0.15) is 41.9 Å². The van der Waals surface area contributed by atoms with Gasteiger partial charge in [-0.2, -0.15) is 0 Å². The van der Waals surface area contributed by atoms with Crippen LogP contribution in [0.3, 0.4) is 0 Å². The number of anilines is 1. The normalized spacial score (nSPS) is 15.7. The molecule has 1 saturated heterocycles. The Hall–Kier alpha value is -1.69. The van der Waals surface area contributed by atoms with Gasteiger partial charge in [-0.25, -0.2) is 9.97 Å². The van der Waals surface area contributed by atoms with Crippen LogP contribution in [-0.2, 0) is 0 Å². The third-order valence-electron chi connectivity index (χ3n) is 3.81. The molecule has 0 bridgehead atoms. The Morgan fingerprint density at radius 1 is 1.23 bits per heavy atom. The summed E-state index contributed by atoms with van der Waals surface area (Å²) in [6.45, 7) is 5.23. The molecule has 0 radical (unpaired) electrons. The lowest BCUT2D eigenvalue weighted by atomic mass is 10.2. The summed E-state index contributed by atoms with van der Waals surface area (Å²) in [7, 11) is 4.04. The molecule has 122 valence electrons. The van der Waals surface area contributed by atoms with Crippen molar-refractivity contribution in [3.8, 4) is 0 Å². The van der Waals surface area contributed by atoms with E-state index in [0.29, 0.717) is 11.6 Å². The number of nitrogens with one attached hydrogen (secondary N) is 1. The SMILES string of the molecule is Cc1cc(C(=O)N2CCCCCC2)nc(NCCN(C)C)n1. The van der Waals surface area contributed by atoms with Crippen molar-refractivity contribution < 1.29 is 4.79 Å². The van der Waals surface area contributed by atoms with Gasteiger partial charge in [0.05, 0.1) is 0 Å². The fraction of sp³-hybridized carbons (Fsp3) is 0.688. The highest BCUT2D eigenvalue weighted by Gasteiger charge is 2.19. The highest BCUT2D eigenvalue weighted by atomic mass is 16.2. The molecule has 0 aromatic carbocycles. The van der Waals surface area contributed by atoms with E-state index in [1.54, 1.807) is 6.07 Å². The van der Waals surface area contributed by atoms with Crippen molar-refractivity contribution in [3.63, 3.8) is 0 Å². The van der Waals surface area contributed by atoms with Gasteiger partial charge in [0, 0.05) is 31.9 Å². The molecule has 0 aliphatic carbocycles.